The van der Waals surface area contributed by atoms with Crippen LogP contribution in [0, 0.1) is 0 Å². The summed E-state index contributed by atoms with van der Waals surface area (Å²) in [6.07, 6.45) is -0.375. The second-order valence-electron chi connectivity index (χ2n) is 10.8. The summed E-state index contributed by atoms with van der Waals surface area (Å²) in [4.78, 5) is 13.0. The van der Waals surface area contributed by atoms with Gasteiger partial charge >= 0.3 is 0 Å². The molecule has 43 heavy (non-hydrogen) atoms. The van der Waals surface area contributed by atoms with Gasteiger partial charge < -0.3 is 51.7 Å². The lowest BCUT2D eigenvalue weighted by atomic mass is 9.84. The molecule has 2 aliphatic rings. The molecule has 3 aromatic heterocycles. The first-order chi connectivity index (χ1) is 20.9. The van der Waals surface area contributed by atoms with Gasteiger partial charge in [-0.25, -0.2) is 0 Å². The monoisotopic (exact) mass is 595 g/mol. The molecule has 0 bridgehead atoms. The van der Waals surface area contributed by atoms with E-state index in [1.807, 2.05) is 54.6 Å². The predicted molar refractivity (Wildman–Crippen MR) is 156 cm³/mol. The molecule has 10 atom stereocenters. The van der Waals surface area contributed by atoms with Crippen molar-refractivity contribution in [1.29, 1.82) is 0 Å². The highest BCUT2D eigenvalue weighted by atomic mass is 16.7. The van der Waals surface area contributed by atoms with Gasteiger partial charge in [-0.15, -0.1) is 0 Å². The Hall–Kier alpha value is -2.95. The molecule has 0 aromatic carbocycles. The van der Waals surface area contributed by atoms with Gasteiger partial charge in [0.1, 0.15) is 36.6 Å². The van der Waals surface area contributed by atoms with Gasteiger partial charge in [0.2, 0.25) is 0 Å². The summed E-state index contributed by atoms with van der Waals surface area (Å²) < 4.78 is 31.2. The highest BCUT2D eigenvalue weighted by Crippen LogP contribution is 2.31. The van der Waals surface area contributed by atoms with Crippen molar-refractivity contribution in [3.8, 4) is 0 Å². The molecule has 3 aromatic rings. The van der Waals surface area contributed by atoms with Crippen LogP contribution in [0.3, 0.4) is 0 Å². The first kappa shape index (κ1) is 31.5. The number of rotatable bonds is 12. The van der Waals surface area contributed by atoms with Gasteiger partial charge in [0.05, 0.1) is 42.9 Å². The van der Waals surface area contributed by atoms with Crippen molar-refractivity contribution in [2.24, 2.45) is 22.9 Å². The minimum absolute atomic E-state index is 0.100. The smallest absolute Gasteiger partial charge is 0.176 e. The molecule has 4 heterocycles. The summed E-state index contributed by atoms with van der Waals surface area (Å²) in [6.45, 7) is 0.650. The molecule has 0 amide bonds. The molecular weight excluding hydrogens is 554 g/mol. The summed E-state index contributed by atoms with van der Waals surface area (Å²) in [5, 5.41) is 11.3. The quantitative estimate of drug-likeness (QED) is 0.183. The lowest BCUT2D eigenvalue weighted by molar-refractivity contribution is -0.302. The van der Waals surface area contributed by atoms with Crippen LogP contribution in [0.4, 0.5) is 0 Å². The van der Waals surface area contributed by atoms with E-state index in [4.69, 9.17) is 46.6 Å². The fourth-order valence-electron chi connectivity index (χ4n) is 5.48. The van der Waals surface area contributed by atoms with E-state index >= 15 is 0 Å². The molecule has 1 saturated carbocycles. The Morgan fingerprint density at radius 1 is 0.698 bits per heavy atom. The second-order valence-corrected chi connectivity index (χ2v) is 10.8. The van der Waals surface area contributed by atoms with E-state index in [1.165, 1.54) is 0 Å². The Kier molecular flexibility index (Phi) is 11.1. The number of nitrogens with zero attached hydrogens (tertiary/aromatic N) is 3. The third kappa shape index (κ3) is 7.96. The van der Waals surface area contributed by atoms with Crippen LogP contribution in [0.15, 0.2) is 73.2 Å². The maximum absolute atomic E-state index is 11.3. The summed E-state index contributed by atoms with van der Waals surface area (Å²) in [7, 11) is 0. The van der Waals surface area contributed by atoms with Gasteiger partial charge in [-0.2, -0.15) is 0 Å². The predicted octanol–water partition coefficient (Wildman–Crippen LogP) is -0.257. The van der Waals surface area contributed by atoms with Gasteiger partial charge in [-0.3, -0.25) is 15.0 Å². The Balaban J connectivity index is 1.31. The van der Waals surface area contributed by atoms with Crippen LogP contribution >= 0.6 is 0 Å². The van der Waals surface area contributed by atoms with Crippen molar-refractivity contribution in [3.05, 3.63) is 90.3 Å². The molecule has 232 valence electrons. The molecule has 9 N–H and O–H groups in total. The van der Waals surface area contributed by atoms with Gasteiger partial charge in [0, 0.05) is 37.2 Å². The average Bonchev–Trinajstić information content (AvgIpc) is 3.03. The Morgan fingerprint density at radius 3 is 1.67 bits per heavy atom. The SMILES string of the molecule is NC[C@H]1O[C@H](O[C@H]2[C@H](O)[C@@H](OCc3ccccn3)[C@H](N)C[C@@H]2N)[C@H](N)[C@@H](OCc2ccccn2)[C@@H]1OCc1ccccn1. The van der Waals surface area contributed by atoms with Crippen molar-refractivity contribution in [3.63, 3.8) is 0 Å². The zero-order valence-corrected chi connectivity index (χ0v) is 23.9. The molecule has 0 radical (unpaired) electrons. The van der Waals surface area contributed by atoms with E-state index in [0.717, 1.165) is 11.4 Å². The summed E-state index contributed by atoms with van der Waals surface area (Å²) in [5.74, 6) is 0. The second kappa shape index (κ2) is 15.2. The minimum Gasteiger partial charge on any atom is -0.388 e. The number of aromatic nitrogens is 3. The van der Waals surface area contributed by atoms with Crippen molar-refractivity contribution in [2.45, 2.75) is 87.3 Å². The van der Waals surface area contributed by atoms with E-state index in [9.17, 15) is 5.11 Å². The highest BCUT2D eigenvalue weighted by molar-refractivity contribution is 5.06. The third-order valence-corrected chi connectivity index (χ3v) is 7.73. The van der Waals surface area contributed by atoms with Gasteiger partial charge in [0.25, 0.3) is 0 Å². The number of ether oxygens (including phenoxy) is 5. The zero-order valence-electron chi connectivity index (χ0n) is 23.9. The highest BCUT2D eigenvalue weighted by Gasteiger charge is 2.50. The number of nitrogens with two attached hydrogens (primary N) is 4. The normalized spacial score (nSPS) is 32.9. The minimum atomic E-state index is -1.15. The van der Waals surface area contributed by atoms with E-state index in [-0.39, 0.29) is 26.4 Å². The van der Waals surface area contributed by atoms with Crippen molar-refractivity contribution in [1.82, 2.24) is 15.0 Å². The molecule has 13 heteroatoms. The van der Waals surface area contributed by atoms with Crippen LogP contribution in [0.5, 0.6) is 0 Å². The van der Waals surface area contributed by atoms with Gasteiger partial charge in [-0.05, 0) is 42.8 Å². The number of hydrogen-bond acceptors (Lipinski definition) is 13. The molecule has 1 aliphatic heterocycles. The van der Waals surface area contributed by atoms with Crippen LogP contribution in [0.25, 0.3) is 0 Å². The largest absolute Gasteiger partial charge is 0.388 e. The molecule has 1 saturated heterocycles. The van der Waals surface area contributed by atoms with E-state index in [2.05, 4.69) is 15.0 Å². The number of aliphatic hydroxyl groups is 1. The van der Waals surface area contributed by atoms with Gasteiger partial charge in [-0.1, -0.05) is 18.2 Å². The first-order valence-electron chi connectivity index (χ1n) is 14.4. The van der Waals surface area contributed by atoms with Crippen LogP contribution in [0.1, 0.15) is 23.5 Å². The summed E-state index contributed by atoms with van der Waals surface area (Å²) in [6, 6.07) is 14.7. The van der Waals surface area contributed by atoms with Crippen LogP contribution < -0.4 is 22.9 Å². The average molecular weight is 596 g/mol. The van der Waals surface area contributed by atoms with Crippen LogP contribution in [-0.2, 0) is 43.5 Å². The maximum atomic E-state index is 11.3. The van der Waals surface area contributed by atoms with Gasteiger partial charge in [0.15, 0.2) is 6.29 Å². The van der Waals surface area contributed by atoms with Crippen molar-refractivity contribution in [2.75, 3.05) is 6.54 Å². The summed E-state index contributed by atoms with van der Waals surface area (Å²) >= 11 is 0. The molecule has 2 fully saturated rings. The lowest BCUT2D eigenvalue weighted by Gasteiger charge is -2.48. The fourth-order valence-corrected chi connectivity index (χ4v) is 5.48. The molecule has 0 spiro atoms. The van der Waals surface area contributed by atoms with Crippen LogP contribution in [0.2, 0.25) is 0 Å². The Morgan fingerprint density at radius 2 is 1.19 bits per heavy atom. The number of pyridine rings is 3. The molecular formula is C30H41N7O6. The number of aliphatic hydroxyl groups excluding tert-OH is 1. The molecule has 0 unspecified atom stereocenters. The Bertz CT molecular complexity index is 1230. The van der Waals surface area contributed by atoms with Crippen molar-refractivity contribution >= 4 is 0 Å². The maximum Gasteiger partial charge on any atom is 0.176 e. The van der Waals surface area contributed by atoms with Crippen LogP contribution in [-0.4, -0.2) is 87.6 Å². The topological polar surface area (TPSA) is 209 Å². The zero-order chi connectivity index (χ0) is 30.2. The fraction of sp³-hybridized carbons (Fsp3) is 0.500. The Labute approximate surface area is 250 Å². The number of hydrogen-bond donors (Lipinski definition) is 5. The van der Waals surface area contributed by atoms with E-state index in [0.29, 0.717) is 12.1 Å². The van der Waals surface area contributed by atoms with E-state index < -0.39 is 61.0 Å². The first-order valence-corrected chi connectivity index (χ1v) is 14.4. The molecule has 1 aliphatic carbocycles. The van der Waals surface area contributed by atoms with E-state index in [1.54, 1.807) is 18.6 Å². The summed E-state index contributed by atoms with van der Waals surface area (Å²) in [5.41, 5.74) is 27.9. The van der Waals surface area contributed by atoms with Crippen molar-refractivity contribution < 1.29 is 28.8 Å². The third-order valence-electron chi connectivity index (χ3n) is 7.73. The standard InChI is InChI=1S/C30H41N7O6/c31-14-23-28(40-16-19-8-2-5-11-36-19)29(41-17-20-9-3-6-12-37-20)24(34)30(42-23)43-27-22(33)13-21(32)26(25(27)38)39-15-18-7-1-4-10-35-18/h1-12,21-30,38H,13-17,31-34H2/t21-,22+,23-,24-,25-,26+,27-,28-,29-,30-/m1/s1. The lowest BCUT2D eigenvalue weighted by Crippen LogP contribution is -2.68. The molecule has 5 rings (SSSR count). The molecule has 13 nitrogen and oxygen atoms in total.